The standard InChI is InChI=1S/C15H20N2O3/c1-5-17-14(13(20-4)10-16-17)15(2,18)11-7-6-8-12(9-11)19-3/h6-10,18H,5H2,1-4H3. The first-order chi connectivity index (χ1) is 9.54. The van der Waals surface area contributed by atoms with Crippen LogP contribution in [0, 0.1) is 0 Å². The minimum absolute atomic E-state index is 0.569. The lowest BCUT2D eigenvalue weighted by molar-refractivity contribution is 0.0883. The fourth-order valence-corrected chi connectivity index (χ4v) is 2.31. The Morgan fingerprint density at radius 3 is 2.65 bits per heavy atom. The van der Waals surface area contributed by atoms with Crippen molar-refractivity contribution in [2.75, 3.05) is 14.2 Å². The number of aryl methyl sites for hydroxylation is 1. The summed E-state index contributed by atoms with van der Waals surface area (Å²) in [5, 5.41) is 15.2. The van der Waals surface area contributed by atoms with Crippen molar-refractivity contribution in [1.29, 1.82) is 0 Å². The van der Waals surface area contributed by atoms with Gasteiger partial charge in [-0.15, -0.1) is 0 Å². The van der Waals surface area contributed by atoms with Gasteiger partial charge in [0.15, 0.2) is 5.75 Å². The first kappa shape index (κ1) is 14.4. The Kier molecular flexibility index (Phi) is 3.99. The second kappa shape index (κ2) is 5.54. The predicted molar refractivity (Wildman–Crippen MR) is 76.1 cm³/mol. The van der Waals surface area contributed by atoms with Crippen LogP contribution in [-0.4, -0.2) is 29.1 Å². The maximum Gasteiger partial charge on any atom is 0.163 e. The minimum atomic E-state index is -1.22. The van der Waals surface area contributed by atoms with E-state index in [4.69, 9.17) is 9.47 Å². The molecule has 0 aliphatic carbocycles. The highest BCUT2D eigenvalue weighted by Gasteiger charge is 2.33. The summed E-state index contributed by atoms with van der Waals surface area (Å²) >= 11 is 0. The Bertz CT molecular complexity index is 569. The van der Waals surface area contributed by atoms with Gasteiger partial charge < -0.3 is 14.6 Å². The number of aliphatic hydroxyl groups is 1. The molecule has 2 aromatic rings. The lowest BCUT2D eigenvalue weighted by atomic mass is 9.91. The Morgan fingerprint density at radius 1 is 1.30 bits per heavy atom. The van der Waals surface area contributed by atoms with Gasteiger partial charge in [-0.3, -0.25) is 4.68 Å². The van der Waals surface area contributed by atoms with Gasteiger partial charge in [-0.1, -0.05) is 12.1 Å². The van der Waals surface area contributed by atoms with E-state index in [0.29, 0.717) is 23.7 Å². The number of nitrogens with zero attached hydrogens (tertiary/aromatic N) is 2. The molecule has 0 aliphatic heterocycles. The molecule has 5 nitrogen and oxygen atoms in total. The molecule has 20 heavy (non-hydrogen) atoms. The number of benzene rings is 1. The molecule has 0 bridgehead atoms. The smallest absolute Gasteiger partial charge is 0.163 e. The molecule has 1 unspecified atom stereocenters. The summed E-state index contributed by atoms with van der Waals surface area (Å²) in [6.45, 7) is 4.35. The summed E-state index contributed by atoms with van der Waals surface area (Å²) in [6.07, 6.45) is 1.62. The second-order valence-corrected chi connectivity index (χ2v) is 4.68. The van der Waals surface area contributed by atoms with E-state index >= 15 is 0 Å². The molecule has 0 aliphatic rings. The number of hydrogen-bond donors (Lipinski definition) is 1. The number of rotatable bonds is 5. The van der Waals surface area contributed by atoms with E-state index in [2.05, 4.69) is 5.10 Å². The van der Waals surface area contributed by atoms with Crippen molar-refractivity contribution in [3.63, 3.8) is 0 Å². The van der Waals surface area contributed by atoms with Crippen LogP contribution in [0.1, 0.15) is 25.1 Å². The monoisotopic (exact) mass is 276 g/mol. The van der Waals surface area contributed by atoms with Crippen LogP contribution >= 0.6 is 0 Å². The molecule has 0 saturated heterocycles. The van der Waals surface area contributed by atoms with Gasteiger partial charge in [0.2, 0.25) is 0 Å². The van der Waals surface area contributed by atoms with Crippen LogP contribution in [0.3, 0.4) is 0 Å². The lowest BCUT2D eigenvalue weighted by Crippen LogP contribution is -2.27. The number of hydrogen-bond acceptors (Lipinski definition) is 4. The average molecular weight is 276 g/mol. The quantitative estimate of drug-likeness (QED) is 0.909. The summed E-state index contributed by atoms with van der Waals surface area (Å²) < 4.78 is 12.3. The van der Waals surface area contributed by atoms with Gasteiger partial charge in [-0.05, 0) is 31.5 Å². The van der Waals surface area contributed by atoms with Crippen LogP contribution in [0.5, 0.6) is 11.5 Å². The number of methoxy groups -OCH3 is 2. The Morgan fingerprint density at radius 2 is 2.05 bits per heavy atom. The SMILES string of the molecule is CCn1ncc(OC)c1C(C)(O)c1cccc(OC)c1. The third kappa shape index (κ3) is 2.36. The Balaban J connectivity index is 2.56. The molecule has 5 heteroatoms. The molecule has 1 aromatic heterocycles. The number of aromatic nitrogens is 2. The van der Waals surface area contributed by atoms with E-state index in [-0.39, 0.29) is 0 Å². The third-order valence-corrected chi connectivity index (χ3v) is 3.42. The molecule has 1 aromatic carbocycles. The molecule has 1 N–H and O–H groups in total. The molecule has 0 radical (unpaired) electrons. The molecule has 0 fully saturated rings. The Hall–Kier alpha value is -2.01. The van der Waals surface area contributed by atoms with E-state index in [9.17, 15) is 5.11 Å². The first-order valence-corrected chi connectivity index (χ1v) is 6.51. The van der Waals surface area contributed by atoms with E-state index in [1.54, 1.807) is 32.0 Å². The van der Waals surface area contributed by atoms with E-state index < -0.39 is 5.60 Å². The van der Waals surface area contributed by atoms with Gasteiger partial charge in [-0.2, -0.15) is 5.10 Å². The maximum absolute atomic E-state index is 11.0. The topological polar surface area (TPSA) is 56.5 Å². The van der Waals surface area contributed by atoms with E-state index in [1.807, 2.05) is 31.2 Å². The predicted octanol–water partition coefficient (Wildman–Crippen LogP) is 2.18. The molecule has 0 spiro atoms. The van der Waals surface area contributed by atoms with Crippen LogP contribution < -0.4 is 9.47 Å². The van der Waals surface area contributed by atoms with E-state index in [0.717, 1.165) is 5.56 Å². The van der Waals surface area contributed by atoms with Gasteiger partial charge in [0.25, 0.3) is 0 Å². The van der Waals surface area contributed by atoms with Crippen molar-refractivity contribution in [2.45, 2.75) is 26.0 Å². The summed E-state index contributed by atoms with van der Waals surface area (Å²) in [5.74, 6) is 1.27. The molecule has 2 rings (SSSR count). The molecule has 0 saturated carbocycles. The second-order valence-electron chi connectivity index (χ2n) is 4.68. The highest BCUT2D eigenvalue weighted by Crippen LogP contribution is 2.36. The van der Waals surface area contributed by atoms with Crippen LogP contribution in [0.15, 0.2) is 30.5 Å². The zero-order chi connectivity index (χ0) is 14.8. The summed E-state index contributed by atoms with van der Waals surface area (Å²) in [4.78, 5) is 0. The van der Waals surface area contributed by atoms with Gasteiger partial charge in [0.1, 0.15) is 17.0 Å². The average Bonchev–Trinajstić information content (AvgIpc) is 2.91. The fourth-order valence-electron chi connectivity index (χ4n) is 2.31. The van der Waals surface area contributed by atoms with Crippen LogP contribution in [0.4, 0.5) is 0 Å². The van der Waals surface area contributed by atoms with Crippen molar-refractivity contribution in [1.82, 2.24) is 9.78 Å². The zero-order valence-corrected chi connectivity index (χ0v) is 12.3. The summed E-state index contributed by atoms with van der Waals surface area (Å²) in [7, 11) is 3.17. The van der Waals surface area contributed by atoms with Crippen LogP contribution in [-0.2, 0) is 12.1 Å². The van der Waals surface area contributed by atoms with Crippen LogP contribution in [0.2, 0.25) is 0 Å². The van der Waals surface area contributed by atoms with E-state index in [1.165, 1.54) is 0 Å². The fraction of sp³-hybridized carbons (Fsp3) is 0.400. The molecule has 0 amide bonds. The molecule has 108 valence electrons. The van der Waals surface area contributed by atoms with Gasteiger partial charge >= 0.3 is 0 Å². The van der Waals surface area contributed by atoms with Crippen molar-refractivity contribution < 1.29 is 14.6 Å². The molecular weight excluding hydrogens is 256 g/mol. The first-order valence-electron chi connectivity index (χ1n) is 6.51. The van der Waals surface area contributed by atoms with Crippen LogP contribution in [0.25, 0.3) is 0 Å². The third-order valence-electron chi connectivity index (χ3n) is 3.42. The van der Waals surface area contributed by atoms with Gasteiger partial charge in [0.05, 0.1) is 20.4 Å². The van der Waals surface area contributed by atoms with Gasteiger partial charge in [0, 0.05) is 6.54 Å². The maximum atomic E-state index is 11.0. The molecule has 1 heterocycles. The highest BCUT2D eigenvalue weighted by atomic mass is 16.5. The van der Waals surface area contributed by atoms with Crippen molar-refractivity contribution in [3.05, 3.63) is 41.7 Å². The van der Waals surface area contributed by atoms with Crippen molar-refractivity contribution >= 4 is 0 Å². The number of ether oxygens (including phenoxy) is 2. The molecular formula is C15H20N2O3. The lowest BCUT2D eigenvalue weighted by Gasteiger charge is -2.26. The summed E-state index contributed by atoms with van der Waals surface area (Å²) in [6, 6.07) is 7.36. The minimum Gasteiger partial charge on any atom is -0.497 e. The summed E-state index contributed by atoms with van der Waals surface area (Å²) in [5.41, 5.74) is 0.146. The zero-order valence-electron chi connectivity index (χ0n) is 12.3. The highest BCUT2D eigenvalue weighted by molar-refractivity contribution is 5.42. The van der Waals surface area contributed by atoms with Crippen molar-refractivity contribution in [3.8, 4) is 11.5 Å². The normalized spacial score (nSPS) is 13.8. The molecule has 1 atom stereocenters. The van der Waals surface area contributed by atoms with Gasteiger partial charge in [-0.25, -0.2) is 0 Å². The van der Waals surface area contributed by atoms with Crippen molar-refractivity contribution in [2.24, 2.45) is 0 Å². The largest absolute Gasteiger partial charge is 0.497 e. The Labute approximate surface area is 118 Å².